The first-order valence-electron chi connectivity index (χ1n) is 6.89. The number of halogens is 1. The standard InChI is InChI=1S/C14H19ClN4O2/c1-14(2)8(5-9(14)20-3)19-10(6-15)18-11-12(19)16-7-17-13(11)21-4/h7-9H,5-6H2,1-4H3. The first-order valence-corrected chi connectivity index (χ1v) is 7.42. The van der Waals surface area contributed by atoms with E-state index >= 15 is 0 Å². The molecule has 1 saturated carbocycles. The largest absolute Gasteiger partial charge is 0.479 e. The topological polar surface area (TPSA) is 62.1 Å². The number of hydrogen-bond donors (Lipinski definition) is 0. The zero-order valence-electron chi connectivity index (χ0n) is 12.6. The Kier molecular flexibility index (Phi) is 3.53. The predicted molar refractivity (Wildman–Crippen MR) is 79.7 cm³/mol. The lowest BCUT2D eigenvalue weighted by atomic mass is 9.64. The van der Waals surface area contributed by atoms with E-state index in [2.05, 4.69) is 33.4 Å². The van der Waals surface area contributed by atoms with Gasteiger partial charge in [0, 0.05) is 18.6 Å². The van der Waals surface area contributed by atoms with Crippen molar-refractivity contribution in [1.29, 1.82) is 0 Å². The zero-order valence-corrected chi connectivity index (χ0v) is 13.4. The van der Waals surface area contributed by atoms with Crippen LogP contribution in [-0.4, -0.2) is 39.8 Å². The smallest absolute Gasteiger partial charge is 0.245 e. The summed E-state index contributed by atoms with van der Waals surface area (Å²) >= 11 is 6.08. The average molecular weight is 311 g/mol. The molecule has 2 heterocycles. The van der Waals surface area contributed by atoms with E-state index in [1.165, 1.54) is 6.33 Å². The van der Waals surface area contributed by atoms with Crippen molar-refractivity contribution in [1.82, 2.24) is 19.5 Å². The van der Waals surface area contributed by atoms with Crippen molar-refractivity contribution in [2.24, 2.45) is 5.41 Å². The third kappa shape index (κ3) is 2.00. The summed E-state index contributed by atoms with van der Waals surface area (Å²) in [6.45, 7) is 4.38. The molecule has 1 aliphatic carbocycles. The van der Waals surface area contributed by atoms with E-state index in [1.54, 1.807) is 14.2 Å². The Balaban J connectivity index is 2.14. The monoisotopic (exact) mass is 310 g/mol. The Morgan fingerprint density at radius 1 is 1.38 bits per heavy atom. The lowest BCUT2D eigenvalue weighted by molar-refractivity contribution is -0.112. The van der Waals surface area contributed by atoms with E-state index in [-0.39, 0.29) is 17.6 Å². The van der Waals surface area contributed by atoms with Gasteiger partial charge in [-0.15, -0.1) is 11.6 Å². The zero-order chi connectivity index (χ0) is 15.2. The maximum Gasteiger partial charge on any atom is 0.245 e. The van der Waals surface area contributed by atoms with E-state index in [0.717, 1.165) is 17.9 Å². The second kappa shape index (κ2) is 5.10. The molecule has 21 heavy (non-hydrogen) atoms. The van der Waals surface area contributed by atoms with Crippen molar-refractivity contribution in [3.8, 4) is 5.88 Å². The summed E-state index contributed by atoms with van der Waals surface area (Å²) in [4.78, 5) is 13.1. The molecule has 114 valence electrons. The number of nitrogens with zero attached hydrogens (tertiary/aromatic N) is 4. The van der Waals surface area contributed by atoms with Crippen LogP contribution in [0, 0.1) is 5.41 Å². The number of ether oxygens (including phenoxy) is 2. The highest BCUT2D eigenvalue weighted by Crippen LogP contribution is 2.52. The summed E-state index contributed by atoms with van der Waals surface area (Å²) in [5.74, 6) is 1.59. The number of hydrogen-bond acceptors (Lipinski definition) is 5. The minimum Gasteiger partial charge on any atom is -0.479 e. The number of alkyl halides is 1. The molecule has 2 atom stereocenters. The highest BCUT2D eigenvalue weighted by molar-refractivity contribution is 6.16. The van der Waals surface area contributed by atoms with E-state index in [1.807, 2.05) is 0 Å². The SMILES string of the molecule is COc1ncnc2c1nc(CCl)n2C1CC(OC)C1(C)C. The van der Waals surface area contributed by atoms with Gasteiger partial charge in [-0.2, -0.15) is 4.98 Å². The Labute approximate surface area is 128 Å². The molecule has 0 bridgehead atoms. The molecule has 2 aromatic heterocycles. The number of imidazole rings is 1. The van der Waals surface area contributed by atoms with Gasteiger partial charge in [0.2, 0.25) is 5.88 Å². The summed E-state index contributed by atoms with van der Waals surface area (Å²) < 4.78 is 12.9. The lowest BCUT2D eigenvalue weighted by Gasteiger charge is -2.51. The van der Waals surface area contributed by atoms with Crippen LogP contribution in [-0.2, 0) is 10.6 Å². The quantitative estimate of drug-likeness (QED) is 0.812. The fourth-order valence-electron chi connectivity index (χ4n) is 3.21. The summed E-state index contributed by atoms with van der Waals surface area (Å²) in [7, 11) is 3.33. The van der Waals surface area contributed by atoms with Gasteiger partial charge in [0.15, 0.2) is 11.2 Å². The molecule has 0 N–H and O–H groups in total. The highest BCUT2D eigenvalue weighted by atomic mass is 35.5. The lowest BCUT2D eigenvalue weighted by Crippen LogP contribution is -2.51. The van der Waals surface area contributed by atoms with Gasteiger partial charge in [-0.25, -0.2) is 9.97 Å². The number of rotatable bonds is 4. The van der Waals surface area contributed by atoms with E-state index in [0.29, 0.717) is 17.3 Å². The van der Waals surface area contributed by atoms with Crippen LogP contribution in [0.5, 0.6) is 5.88 Å². The van der Waals surface area contributed by atoms with Crippen molar-refractivity contribution < 1.29 is 9.47 Å². The second-order valence-electron chi connectivity index (χ2n) is 5.88. The highest BCUT2D eigenvalue weighted by Gasteiger charge is 2.50. The summed E-state index contributed by atoms with van der Waals surface area (Å²) in [5, 5.41) is 0. The van der Waals surface area contributed by atoms with Crippen LogP contribution in [0.25, 0.3) is 11.2 Å². The molecule has 2 unspecified atom stereocenters. The molecular formula is C14H19ClN4O2. The molecule has 0 amide bonds. The van der Waals surface area contributed by atoms with Crippen molar-refractivity contribution in [3.05, 3.63) is 12.2 Å². The molecule has 1 fully saturated rings. The van der Waals surface area contributed by atoms with Gasteiger partial charge in [0.1, 0.15) is 12.2 Å². The minimum absolute atomic E-state index is 0.00136. The maximum absolute atomic E-state index is 6.08. The molecule has 2 aromatic rings. The molecule has 0 aromatic carbocycles. The fraction of sp³-hybridized carbons (Fsp3) is 0.643. The van der Waals surface area contributed by atoms with E-state index < -0.39 is 0 Å². The van der Waals surface area contributed by atoms with Crippen LogP contribution in [0.3, 0.4) is 0 Å². The first kappa shape index (κ1) is 14.5. The first-order chi connectivity index (χ1) is 10.0. The Morgan fingerprint density at radius 3 is 2.71 bits per heavy atom. The normalized spacial score (nSPS) is 24.0. The van der Waals surface area contributed by atoms with Crippen molar-refractivity contribution in [3.63, 3.8) is 0 Å². The summed E-state index contributed by atoms with van der Waals surface area (Å²) in [5.41, 5.74) is 1.43. The van der Waals surface area contributed by atoms with Crippen LogP contribution < -0.4 is 4.74 Å². The average Bonchev–Trinajstić information content (AvgIpc) is 2.85. The van der Waals surface area contributed by atoms with Gasteiger partial charge in [-0.3, -0.25) is 0 Å². The summed E-state index contributed by atoms with van der Waals surface area (Å²) in [6.07, 6.45) is 2.65. The Bertz CT molecular complexity index is 670. The van der Waals surface area contributed by atoms with Crippen molar-refractivity contribution in [2.45, 2.75) is 38.3 Å². The van der Waals surface area contributed by atoms with Gasteiger partial charge in [-0.05, 0) is 6.42 Å². The Morgan fingerprint density at radius 2 is 2.14 bits per heavy atom. The van der Waals surface area contributed by atoms with Crippen LogP contribution in [0.15, 0.2) is 6.33 Å². The molecule has 7 heteroatoms. The second-order valence-corrected chi connectivity index (χ2v) is 6.15. The molecule has 0 radical (unpaired) electrons. The fourth-order valence-corrected chi connectivity index (χ4v) is 3.40. The van der Waals surface area contributed by atoms with Crippen molar-refractivity contribution in [2.75, 3.05) is 14.2 Å². The molecule has 0 spiro atoms. The van der Waals surface area contributed by atoms with E-state index in [9.17, 15) is 0 Å². The Hall–Kier alpha value is -1.40. The number of fused-ring (bicyclic) bond motifs is 1. The molecule has 3 rings (SSSR count). The number of methoxy groups -OCH3 is 2. The van der Waals surface area contributed by atoms with Gasteiger partial charge < -0.3 is 14.0 Å². The van der Waals surface area contributed by atoms with Gasteiger partial charge in [-0.1, -0.05) is 13.8 Å². The maximum atomic E-state index is 6.08. The minimum atomic E-state index is 0.00136. The molecule has 6 nitrogen and oxygen atoms in total. The van der Waals surface area contributed by atoms with Gasteiger partial charge >= 0.3 is 0 Å². The van der Waals surface area contributed by atoms with Crippen LogP contribution in [0.4, 0.5) is 0 Å². The van der Waals surface area contributed by atoms with Gasteiger partial charge in [0.05, 0.1) is 19.1 Å². The molecule has 1 aliphatic rings. The van der Waals surface area contributed by atoms with Crippen LogP contribution in [0.1, 0.15) is 32.1 Å². The third-order valence-electron chi connectivity index (χ3n) is 4.55. The van der Waals surface area contributed by atoms with Crippen molar-refractivity contribution >= 4 is 22.8 Å². The molecule has 0 saturated heterocycles. The number of aromatic nitrogens is 4. The molecule has 0 aliphatic heterocycles. The van der Waals surface area contributed by atoms with Crippen LogP contribution >= 0.6 is 11.6 Å². The predicted octanol–water partition coefficient (Wildman–Crippen LogP) is 2.56. The molecular weight excluding hydrogens is 292 g/mol. The van der Waals surface area contributed by atoms with E-state index in [4.69, 9.17) is 21.1 Å². The van der Waals surface area contributed by atoms with Gasteiger partial charge in [0.25, 0.3) is 0 Å². The summed E-state index contributed by atoms with van der Waals surface area (Å²) in [6, 6.07) is 0.251. The third-order valence-corrected chi connectivity index (χ3v) is 4.79. The van der Waals surface area contributed by atoms with Crippen LogP contribution in [0.2, 0.25) is 0 Å².